The summed E-state index contributed by atoms with van der Waals surface area (Å²) >= 11 is 12.0. The second-order valence-electron chi connectivity index (χ2n) is 5.31. The summed E-state index contributed by atoms with van der Waals surface area (Å²) in [6.45, 7) is 2.14. The maximum atomic E-state index is 12.0. The molecule has 0 saturated heterocycles. The third-order valence-electron chi connectivity index (χ3n) is 3.40. The van der Waals surface area contributed by atoms with Gasteiger partial charge in [0.05, 0.1) is 6.42 Å². The van der Waals surface area contributed by atoms with E-state index in [4.69, 9.17) is 23.2 Å². The van der Waals surface area contributed by atoms with Crippen LogP contribution in [0.3, 0.4) is 0 Å². The van der Waals surface area contributed by atoms with E-state index in [-0.39, 0.29) is 11.8 Å². The summed E-state index contributed by atoms with van der Waals surface area (Å²) in [5.74, 6) is -0.237. The lowest BCUT2D eigenvalue weighted by molar-refractivity contribution is -0.121. The molecule has 2 rings (SSSR count). The lowest BCUT2D eigenvalue weighted by atomic mass is 10.1. The molecule has 0 fully saturated rings. The van der Waals surface area contributed by atoms with Gasteiger partial charge >= 0.3 is 0 Å². The zero-order chi connectivity index (χ0) is 17.5. The first-order chi connectivity index (χ1) is 11.5. The fourth-order valence-corrected chi connectivity index (χ4v) is 2.83. The van der Waals surface area contributed by atoms with E-state index in [0.717, 1.165) is 5.56 Å². The van der Waals surface area contributed by atoms with Gasteiger partial charge in [-0.2, -0.15) is 0 Å². The van der Waals surface area contributed by atoms with Crippen LogP contribution >= 0.6 is 23.2 Å². The number of nitrogens with zero attached hydrogens (tertiary/aromatic N) is 1. The number of rotatable bonds is 6. The number of hydrogen-bond donors (Lipinski definition) is 1. The van der Waals surface area contributed by atoms with E-state index in [1.165, 1.54) is 11.8 Å². The Bertz CT molecular complexity index is 700. The summed E-state index contributed by atoms with van der Waals surface area (Å²) in [5.41, 5.74) is 1.55. The van der Waals surface area contributed by atoms with Gasteiger partial charge in [-0.15, -0.1) is 0 Å². The Morgan fingerprint density at radius 3 is 2.25 bits per heavy atom. The average molecular weight is 365 g/mol. The first-order valence-corrected chi connectivity index (χ1v) is 8.26. The van der Waals surface area contributed by atoms with E-state index >= 15 is 0 Å². The van der Waals surface area contributed by atoms with Crippen molar-refractivity contribution in [2.75, 3.05) is 18.0 Å². The third kappa shape index (κ3) is 5.55. The van der Waals surface area contributed by atoms with Crippen molar-refractivity contribution in [3.05, 3.63) is 64.1 Å². The van der Waals surface area contributed by atoms with Gasteiger partial charge in [-0.25, -0.2) is 0 Å². The van der Waals surface area contributed by atoms with Crippen LogP contribution in [0.25, 0.3) is 0 Å². The quantitative estimate of drug-likeness (QED) is 0.849. The molecule has 0 saturated carbocycles. The van der Waals surface area contributed by atoms with Crippen molar-refractivity contribution in [3.8, 4) is 0 Å². The van der Waals surface area contributed by atoms with E-state index in [1.54, 1.807) is 18.2 Å². The predicted molar refractivity (Wildman–Crippen MR) is 97.6 cm³/mol. The molecule has 0 heterocycles. The minimum absolute atomic E-state index is 0.0890. The molecule has 24 heavy (non-hydrogen) atoms. The number of amides is 2. The minimum atomic E-state index is -0.148. The molecule has 0 unspecified atom stereocenters. The molecule has 0 spiro atoms. The van der Waals surface area contributed by atoms with Crippen LogP contribution in [0, 0.1) is 0 Å². The number of anilines is 1. The van der Waals surface area contributed by atoms with Crippen LogP contribution in [0.1, 0.15) is 12.5 Å². The molecule has 2 aromatic rings. The Morgan fingerprint density at radius 1 is 1.04 bits per heavy atom. The second-order valence-corrected chi connectivity index (χ2v) is 6.18. The molecule has 0 bridgehead atoms. The number of benzene rings is 2. The van der Waals surface area contributed by atoms with Gasteiger partial charge in [-0.1, -0.05) is 53.5 Å². The minimum Gasteiger partial charge on any atom is -0.354 e. The molecule has 6 heteroatoms. The van der Waals surface area contributed by atoms with Gasteiger partial charge in [0, 0.05) is 35.7 Å². The highest BCUT2D eigenvalue weighted by Gasteiger charge is 2.13. The molecule has 1 N–H and O–H groups in total. The van der Waals surface area contributed by atoms with Crippen molar-refractivity contribution in [2.45, 2.75) is 13.3 Å². The molecular weight excluding hydrogens is 347 g/mol. The molecule has 0 aliphatic heterocycles. The van der Waals surface area contributed by atoms with Gasteiger partial charge in [0.2, 0.25) is 11.8 Å². The van der Waals surface area contributed by atoms with E-state index in [2.05, 4.69) is 5.32 Å². The summed E-state index contributed by atoms with van der Waals surface area (Å²) in [5, 5.41) is 3.73. The first-order valence-electron chi connectivity index (χ1n) is 7.50. The van der Waals surface area contributed by atoms with Gasteiger partial charge < -0.3 is 10.2 Å². The maximum absolute atomic E-state index is 12.0. The maximum Gasteiger partial charge on any atom is 0.224 e. The summed E-state index contributed by atoms with van der Waals surface area (Å²) < 4.78 is 0. The third-order valence-corrected chi connectivity index (χ3v) is 3.84. The molecule has 2 aromatic carbocycles. The van der Waals surface area contributed by atoms with E-state index in [1.807, 2.05) is 30.3 Å². The molecule has 0 aromatic heterocycles. The molecule has 0 radical (unpaired) electrons. The van der Waals surface area contributed by atoms with Gasteiger partial charge in [0.25, 0.3) is 0 Å². The standard InChI is InChI=1S/C18H18Cl2N2O2/c1-13(23)22(17-11-15(19)10-16(20)12-17)8-7-21-18(24)9-14-5-3-2-4-6-14/h2-6,10-12H,7-9H2,1H3,(H,21,24). The lowest BCUT2D eigenvalue weighted by Gasteiger charge is -2.22. The first kappa shape index (κ1) is 18.3. The highest BCUT2D eigenvalue weighted by atomic mass is 35.5. The molecule has 4 nitrogen and oxygen atoms in total. The van der Waals surface area contributed by atoms with Gasteiger partial charge in [-0.3, -0.25) is 9.59 Å². The van der Waals surface area contributed by atoms with Crippen LogP contribution in [0.4, 0.5) is 5.69 Å². The van der Waals surface area contributed by atoms with Crippen LogP contribution in [-0.4, -0.2) is 24.9 Å². The van der Waals surface area contributed by atoms with E-state index in [0.29, 0.717) is 35.2 Å². The van der Waals surface area contributed by atoms with Crippen molar-refractivity contribution in [1.82, 2.24) is 5.32 Å². The largest absolute Gasteiger partial charge is 0.354 e. The molecule has 0 aliphatic carbocycles. The fourth-order valence-electron chi connectivity index (χ4n) is 2.31. The Kier molecular flexibility index (Phi) is 6.64. The highest BCUT2D eigenvalue weighted by Crippen LogP contribution is 2.25. The highest BCUT2D eigenvalue weighted by molar-refractivity contribution is 6.35. The fraction of sp³-hybridized carbons (Fsp3) is 0.222. The number of carbonyl (C=O) groups is 2. The van der Waals surface area contributed by atoms with Crippen LogP contribution in [0.15, 0.2) is 48.5 Å². The molecule has 126 valence electrons. The molecule has 0 atom stereocenters. The van der Waals surface area contributed by atoms with Gasteiger partial charge in [-0.05, 0) is 23.8 Å². The van der Waals surface area contributed by atoms with Crippen LogP contribution in [0.5, 0.6) is 0 Å². The summed E-state index contributed by atoms with van der Waals surface area (Å²) in [4.78, 5) is 25.3. The Hall–Kier alpha value is -2.04. The normalized spacial score (nSPS) is 10.3. The predicted octanol–water partition coefficient (Wildman–Crippen LogP) is 3.71. The molecule has 0 aliphatic rings. The topological polar surface area (TPSA) is 49.4 Å². The van der Waals surface area contributed by atoms with Crippen molar-refractivity contribution in [2.24, 2.45) is 0 Å². The summed E-state index contributed by atoms with van der Waals surface area (Å²) in [6, 6.07) is 14.4. The summed E-state index contributed by atoms with van der Waals surface area (Å²) in [7, 11) is 0. The summed E-state index contributed by atoms with van der Waals surface area (Å²) in [6.07, 6.45) is 0.309. The van der Waals surface area contributed by atoms with Crippen molar-refractivity contribution < 1.29 is 9.59 Å². The monoisotopic (exact) mass is 364 g/mol. The molecule has 2 amide bonds. The smallest absolute Gasteiger partial charge is 0.224 e. The Balaban J connectivity index is 1.92. The van der Waals surface area contributed by atoms with Gasteiger partial charge in [0.15, 0.2) is 0 Å². The van der Waals surface area contributed by atoms with Crippen LogP contribution in [-0.2, 0) is 16.0 Å². The Morgan fingerprint density at radius 2 is 1.67 bits per heavy atom. The van der Waals surface area contributed by atoms with Crippen LogP contribution in [0.2, 0.25) is 10.0 Å². The molecular formula is C18H18Cl2N2O2. The Labute approximate surface area is 151 Å². The average Bonchev–Trinajstić information content (AvgIpc) is 2.51. The van der Waals surface area contributed by atoms with Crippen LogP contribution < -0.4 is 10.2 Å². The number of halogens is 2. The SMILES string of the molecule is CC(=O)N(CCNC(=O)Cc1ccccc1)c1cc(Cl)cc(Cl)c1. The number of hydrogen-bond acceptors (Lipinski definition) is 2. The second kappa shape index (κ2) is 8.71. The zero-order valence-corrected chi connectivity index (χ0v) is 14.8. The number of carbonyl (C=O) groups excluding carboxylic acids is 2. The van der Waals surface area contributed by atoms with E-state index < -0.39 is 0 Å². The lowest BCUT2D eigenvalue weighted by Crippen LogP contribution is -2.38. The van der Waals surface area contributed by atoms with Crippen molar-refractivity contribution in [1.29, 1.82) is 0 Å². The zero-order valence-electron chi connectivity index (χ0n) is 13.3. The number of nitrogens with one attached hydrogen (secondary N) is 1. The van der Waals surface area contributed by atoms with E-state index in [9.17, 15) is 9.59 Å². The van der Waals surface area contributed by atoms with Gasteiger partial charge in [0.1, 0.15) is 0 Å². The van der Waals surface area contributed by atoms with Crippen molar-refractivity contribution >= 4 is 40.7 Å². The van der Waals surface area contributed by atoms with Crippen molar-refractivity contribution in [3.63, 3.8) is 0 Å².